The number of hydrogen-bond acceptors (Lipinski definition) is 14. The van der Waals surface area contributed by atoms with Crippen LogP contribution in [0.4, 0.5) is 11.5 Å². The molecule has 5 aromatic rings. The summed E-state index contributed by atoms with van der Waals surface area (Å²) in [5.74, 6) is 0.817. The standard InChI is InChI=1S/C53H66N12O5/c1-7-49(68)64-26-25-63(31-40(64)17-19-54)50-42-18-20-62(46-10-8-9-35(4)36(46)5)32-45(42)55-52(56-50)70-33-41-16-15-39(59(41)6)30-61-23-21-60(22-24-61)29-37-11-13-38(14-12-37)65-51(57-58-53(65)69)44-27-43(34(2)3)47(66)28-48(44)67/h7-14,27-28,34,39-41,66-67H,1,15-18,20-26,29-33H2,2-6H3,(H,58,69)/t39-,40+,41+/m1/s1. The summed E-state index contributed by atoms with van der Waals surface area (Å²) in [6, 6.07) is 20.3. The number of hydrogen-bond donors (Lipinski definition) is 3. The van der Waals surface area contributed by atoms with E-state index in [0.29, 0.717) is 61.7 Å². The Morgan fingerprint density at radius 2 is 1.70 bits per heavy atom. The van der Waals surface area contributed by atoms with Crippen LogP contribution < -0.4 is 20.2 Å². The molecule has 0 radical (unpaired) electrons. The van der Waals surface area contributed by atoms with E-state index in [2.05, 4.69) is 86.4 Å². The molecule has 368 valence electrons. The molecule has 6 heterocycles. The minimum Gasteiger partial charge on any atom is -0.508 e. The number of nitrogens with zero attached hydrogens (tertiary/aromatic N) is 11. The Morgan fingerprint density at radius 1 is 0.943 bits per heavy atom. The number of phenols is 2. The normalized spacial score (nSPS) is 20.2. The molecule has 3 aromatic carbocycles. The van der Waals surface area contributed by atoms with E-state index in [-0.39, 0.29) is 47.7 Å². The van der Waals surface area contributed by atoms with E-state index in [1.54, 1.807) is 11.0 Å². The Hall–Kier alpha value is -6.74. The van der Waals surface area contributed by atoms with Crippen LogP contribution in [0, 0.1) is 25.2 Å². The zero-order valence-corrected chi connectivity index (χ0v) is 41.1. The first-order valence-corrected chi connectivity index (χ1v) is 24.7. The SMILES string of the molecule is C=CC(=O)N1CCN(c2nc(OC[C@@H]3CC[C@H](CN4CCN(Cc5ccc(-n6c(-c7cc(C(C)C)c(O)cc7O)n[nH]c6=O)cc5)CC4)N3C)nc3c2CCN(c2cccc(C)c2C)C3)C[C@@H]1CC#N. The number of H-pyrrole nitrogens is 1. The summed E-state index contributed by atoms with van der Waals surface area (Å²) in [4.78, 5) is 49.8. The molecule has 3 saturated heterocycles. The van der Waals surface area contributed by atoms with Gasteiger partial charge < -0.3 is 29.6 Å². The molecule has 0 saturated carbocycles. The van der Waals surface area contributed by atoms with Crippen molar-refractivity contribution in [2.24, 2.45) is 0 Å². The highest BCUT2D eigenvalue weighted by molar-refractivity contribution is 5.87. The number of rotatable bonds is 14. The molecule has 17 nitrogen and oxygen atoms in total. The average molecular weight is 951 g/mol. The lowest BCUT2D eigenvalue weighted by Crippen LogP contribution is -2.55. The molecule has 4 aliphatic heterocycles. The second kappa shape index (κ2) is 20.7. The molecule has 2 aromatic heterocycles. The molecule has 17 heteroatoms. The van der Waals surface area contributed by atoms with Gasteiger partial charge in [-0.05, 0) is 98.7 Å². The topological polar surface area (TPSA) is 186 Å². The fraction of sp³-hybridized carbons (Fsp3) is 0.472. The van der Waals surface area contributed by atoms with E-state index in [1.807, 2.05) is 38.1 Å². The number of amides is 1. The molecule has 3 fully saturated rings. The molecule has 0 bridgehead atoms. The van der Waals surface area contributed by atoms with Gasteiger partial charge in [0.2, 0.25) is 5.91 Å². The number of aryl methyl sites for hydroxylation is 1. The molecule has 0 spiro atoms. The number of fused-ring (bicyclic) bond motifs is 1. The molecule has 70 heavy (non-hydrogen) atoms. The Labute approximate surface area is 410 Å². The second-order valence-electron chi connectivity index (χ2n) is 19.7. The van der Waals surface area contributed by atoms with Crippen molar-refractivity contribution in [2.45, 2.75) is 90.5 Å². The van der Waals surface area contributed by atoms with Gasteiger partial charge in [-0.3, -0.25) is 19.5 Å². The summed E-state index contributed by atoms with van der Waals surface area (Å²) in [7, 11) is 2.21. The molecule has 1 amide bonds. The number of likely N-dealkylation sites (N-methyl/N-ethyl adjacent to an activating group) is 1. The summed E-state index contributed by atoms with van der Waals surface area (Å²) < 4.78 is 8.03. The predicted molar refractivity (Wildman–Crippen MR) is 270 cm³/mol. The van der Waals surface area contributed by atoms with Crippen LogP contribution in [0.25, 0.3) is 17.1 Å². The van der Waals surface area contributed by atoms with E-state index in [1.165, 1.54) is 33.5 Å². The summed E-state index contributed by atoms with van der Waals surface area (Å²) >= 11 is 0. The van der Waals surface area contributed by atoms with Gasteiger partial charge >= 0.3 is 11.7 Å². The number of nitriles is 1. The molecule has 0 aliphatic carbocycles. The highest BCUT2D eigenvalue weighted by Crippen LogP contribution is 2.38. The highest BCUT2D eigenvalue weighted by atomic mass is 16.5. The number of carbonyl (C=O) groups excluding carboxylic acids is 1. The number of piperazine rings is 2. The number of anilines is 2. The number of carbonyl (C=O) groups is 1. The Bertz CT molecular complexity index is 2810. The second-order valence-corrected chi connectivity index (χ2v) is 19.7. The van der Waals surface area contributed by atoms with Crippen LogP contribution in [-0.4, -0.2) is 151 Å². The maximum atomic E-state index is 13.0. The van der Waals surface area contributed by atoms with Crippen molar-refractivity contribution < 1.29 is 19.7 Å². The van der Waals surface area contributed by atoms with Crippen LogP contribution in [0.5, 0.6) is 17.5 Å². The van der Waals surface area contributed by atoms with Gasteiger partial charge in [-0.2, -0.15) is 20.3 Å². The van der Waals surface area contributed by atoms with Crippen molar-refractivity contribution in [3.05, 3.63) is 111 Å². The number of aromatic nitrogens is 5. The zero-order valence-electron chi connectivity index (χ0n) is 41.1. The van der Waals surface area contributed by atoms with Gasteiger partial charge in [-0.25, -0.2) is 14.5 Å². The van der Waals surface area contributed by atoms with Gasteiger partial charge in [0.1, 0.15) is 23.9 Å². The van der Waals surface area contributed by atoms with Crippen LogP contribution in [0.1, 0.15) is 72.5 Å². The molecule has 3 atom stereocenters. The first-order valence-electron chi connectivity index (χ1n) is 24.7. The van der Waals surface area contributed by atoms with Crippen molar-refractivity contribution in [1.82, 2.24) is 44.3 Å². The van der Waals surface area contributed by atoms with Crippen LogP contribution in [-0.2, 0) is 24.3 Å². The van der Waals surface area contributed by atoms with Crippen molar-refractivity contribution in [2.75, 3.05) is 82.4 Å². The van der Waals surface area contributed by atoms with E-state index in [0.717, 1.165) is 87.7 Å². The summed E-state index contributed by atoms with van der Waals surface area (Å²) in [6.07, 6.45) is 4.43. The van der Waals surface area contributed by atoms with Gasteiger partial charge in [0, 0.05) is 94.8 Å². The highest BCUT2D eigenvalue weighted by Gasteiger charge is 2.36. The van der Waals surface area contributed by atoms with Crippen LogP contribution in [0.2, 0.25) is 0 Å². The van der Waals surface area contributed by atoms with Crippen LogP contribution in [0.15, 0.2) is 72.0 Å². The van der Waals surface area contributed by atoms with Gasteiger partial charge in [0.15, 0.2) is 5.82 Å². The van der Waals surface area contributed by atoms with Gasteiger partial charge in [-0.1, -0.05) is 44.7 Å². The van der Waals surface area contributed by atoms with E-state index < -0.39 is 5.69 Å². The summed E-state index contributed by atoms with van der Waals surface area (Å²) in [5.41, 5.74) is 8.17. The number of aromatic amines is 1. The number of nitrogens with one attached hydrogen (secondary N) is 1. The fourth-order valence-electron chi connectivity index (χ4n) is 10.8. The Kier molecular flexibility index (Phi) is 14.3. The molecule has 0 unspecified atom stereocenters. The van der Waals surface area contributed by atoms with Crippen molar-refractivity contribution >= 4 is 17.4 Å². The first kappa shape index (κ1) is 48.3. The molecular weight excluding hydrogens is 885 g/mol. The number of likely N-dealkylation sites (tertiary alicyclic amines) is 1. The Balaban J connectivity index is 0.812. The van der Waals surface area contributed by atoms with Crippen LogP contribution >= 0.6 is 0 Å². The smallest absolute Gasteiger partial charge is 0.348 e. The minimum atomic E-state index is -0.416. The largest absolute Gasteiger partial charge is 0.508 e. The summed E-state index contributed by atoms with van der Waals surface area (Å²) in [5, 5.41) is 37.6. The lowest BCUT2D eigenvalue weighted by atomic mass is 9.98. The summed E-state index contributed by atoms with van der Waals surface area (Å²) in [6.45, 7) is 21.1. The molecule has 3 N–H and O–H groups in total. The maximum Gasteiger partial charge on any atom is 0.348 e. The van der Waals surface area contributed by atoms with Crippen molar-refractivity contribution in [3.63, 3.8) is 0 Å². The van der Waals surface area contributed by atoms with Gasteiger partial charge in [0.25, 0.3) is 0 Å². The van der Waals surface area contributed by atoms with Crippen molar-refractivity contribution in [3.8, 4) is 40.7 Å². The quantitative estimate of drug-likeness (QED) is 0.118. The third kappa shape index (κ3) is 9.99. The number of benzene rings is 3. The lowest BCUT2D eigenvalue weighted by molar-refractivity contribution is -0.128. The average Bonchev–Trinajstić information content (AvgIpc) is 3.91. The number of ether oxygens (including phenoxy) is 1. The van der Waals surface area contributed by atoms with E-state index in [9.17, 15) is 25.1 Å². The third-order valence-corrected chi connectivity index (χ3v) is 15.1. The van der Waals surface area contributed by atoms with Gasteiger partial charge in [0.05, 0.1) is 42.0 Å². The fourth-order valence-corrected chi connectivity index (χ4v) is 10.8. The molecular formula is C53H66N12O5. The third-order valence-electron chi connectivity index (χ3n) is 15.1. The molecule has 4 aliphatic rings. The van der Waals surface area contributed by atoms with E-state index in [4.69, 9.17) is 14.7 Å². The van der Waals surface area contributed by atoms with Crippen molar-refractivity contribution in [1.29, 1.82) is 5.26 Å². The van der Waals surface area contributed by atoms with Gasteiger partial charge in [-0.15, -0.1) is 0 Å². The lowest BCUT2D eigenvalue weighted by Gasteiger charge is -2.42. The predicted octanol–water partition coefficient (Wildman–Crippen LogP) is 5.51. The van der Waals surface area contributed by atoms with Crippen LogP contribution in [0.3, 0.4) is 0 Å². The maximum absolute atomic E-state index is 13.0. The monoisotopic (exact) mass is 951 g/mol. The minimum absolute atomic E-state index is 0.00167. The first-order chi connectivity index (χ1) is 33.8. The Morgan fingerprint density at radius 3 is 2.44 bits per heavy atom. The number of aromatic hydroxyl groups is 2. The molecule has 9 rings (SSSR count). The van der Waals surface area contributed by atoms with E-state index >= 15 is 0 Å². The number of phenolic OH excluding ortho intramolecular Hbond substituents is 2. The zero-order chi connectivity index (χ0) is 49.2.